The normalized spacial score (nSPS) is 19.4. The van der Waals surface area contributed by atoms with Gasteiger partial charge in [-0.15, -0.1) is 5.06 Å². The van der Waals surface area contributed by atoms with Gasteiger partial charge in [0.2, 0.25) is 0 Å². The van der Waals surface area contributed by atoms with E-state index < -0.39 is 23.3 Å². The van der Waals surface area contributed by atoms with Gasteiger partial charge in [0.1, 0.15) is 0 Å². The Morgan fingerprint density at radius 2 is 1.85 bits per heavy atom. The predicted octanol–water partition coefficient (Wildman–Crippen LogP) is 0.839. The molecule has 0 radical (unpaired) electrons. The number of aliphatic carboxylic acids is 1. The molecular formula is C13H23N3O4. The highest BCUT2D eigenvalue weighted by Crippen LogP contribution is 2.28. The first-order valence-electron chi connectivity index (χ1n) is 6.66. The van der Waals surface area contributed by atoms with E-state index in [0.29, 0.717) is 25.9 Å². The van der Waals surface area contributed by atoms with E-state index in [9.17, 15) is 9.59 Å². The third-order valence-corrected chi connectivity index (χ3v) is 3.46. The van der Waals surface area contributed by atoms with Gasteiger partial charge in [-0.3, -0.25) is 10.2 Å². The van der Waals surface area contributed by atoms with Crippen molar-refractivity contribution >= 4 is 17.8 Å². The van der Waals surface area contributed by atoms with Crippen molar-refractivity contribution in [3.8, 4) is 0 Å². The molecule has 4 N–H and O–H groups in total. The molecule has 0 amide bonds. The van der Waals surface area contributed by atoms with Gasteiger partial charge in [0, 0.05) is 19.0 Å². The third kappa shape index (κ3) is 4.19. The van der Waals surface area contributed by atoms with Gasteiger partial charge in [0.05, 0.1) is 5.84 Å². The van der Waals surface area contributed by atoms with E-state index >= 15 is 0 Å². The standard InChI is InChI=1S/C13H23N3O4/c1-13(2,3)9(11(17)18)12(19)20-16-6-4-8(5-7-16)10(14)15/h8-9H,4-7H2,1-3H3,(H3,14,15)(H,17,18). The molecule has 1 saturated heterocycles. The van der Waals surface area contributed by atoms with E-state index in [-0.39, 0.29) is 11.8 Å². The molecule has 1 rings (SSSR count). The molecule has 0 aromatic rings. The molecule has 114 valence electrons. The van der Waals surface area contributed by atoms with Crippen LogP contribution in [0.25, 0.3) is 0 Å². The van der Waals surface area contributed by atoms with Crippen molar-refractivity contribution in [2.24, 2.45) is 23.0 Å². The largest absolute Gasteiger partial charge is 0.481 e. The lowest BCUT2D eigenvalue weighted by atomic mass is 9.81. The van der Waals surface area contributed by atoms with Gasteiger partial charge in [-0.2, -0.15) is 0 Å². The van der Waals surface area contributed by atoms with Crippen LogP contribution in [-0.2, 0) is 14.4 Å². The van der Waals surface area contributed by atoms with Gasteiger partial charge < -0.3 is 15.7 Å². The van der Waals surface area contributed by atoms with E-state index in [1.165, 1.54) is 5.06 Å². The quantitative estimate of drug-likeness (QED) is 0.400. The van der Waals surface area contributed by atoms with E-state index in [1.54, 1.807) is 20.8 Å². The number of nitrogens with two attached hydrogens (primary N) is 1. The smallest absolute Gasteiger partial charge is 0.339 e. The van der Waals surface area contributed by atoms with Gasteiger partial charge in [-0.05, 0) is 18.3 Å². The molecule has 1 fully saturated rings. The number of nitrogens with one attached hydrogen (secondary N) is 1. The van der Waals surface area contributed by atoms with Crippen molar-refractivity contribution in [2.45, 2.75) is 33.6 Å². The molecular weight excluding hydrogens is 262 g/mol. The summed E-state index contributed by atoms with van der Waals surface area (Å²) in [5.74, 6) is -2.96. The van der Waals surface area contributed by atoms with Gasteiger partial charge in [0.15, 0.2) is 5.92 Å². The maximum Gasteiger partial charge on any atom is 0.339 e. The number of carboxylic acids is 1. The molecule has 0 bridgehead atoms. The zero-order valence-corrected chi connectivity index (χ0v) is 12.2. The van der Waals surface area contributed by atoms with Crippen molar-refractivity contribution in [1.29, 1.82) is 5.41 Å². The second kappa shape index (κ2) is 6.21. The summed E-state index contributed by atoms with van der Waals surface area (Å²) >= 11 is 0. The highest BCUT2D eigenvalue weighted by Gasteiger charge is 2.40. The summed E-state index contributed by atoms with van der Waals surface area (Å²) in [6.07, 6.45) is 1.27. The lowest BCUT2D eigenvalue weighted by Crippen LogP contribution is -2.44. The Kier molecular flexibility index (Phi) is 5.10. The fourth-order valence-corrected chi connectivity index (χ4v) is 2.26. The molecule has 0 spiro atoms. The molecule has 0 saturated carbocycles. The average molecular weight is 285 g/mol. The van der Waals surface area contributed by atoms with E-state index in [0.717, 1.165) is 0 Å². The minimum Gasteiger partial charge on any atom is -0.481 e. The molecule has 7 nitrogen and oxygen atoms in total. The van der Waals surface area contributed by atoms with Gasteiger partial charge in [0.25, 0.3) is 0 Å². The number of nitrogens with zero attached hydrogens (tertiary/aromatic N) is 1. The van der Waals surface area contributed by atoms with Crippen LogP contribution >= 0.6 is 0 Å². The highest BCUT2D eigenvalue weighted by molar-refractivity contribution is 5.94. The topological polar surface area (TPSA) is 117 Å². The van der Waals surface area contributed by atoms with Crippen LogP contribution in [0, 0.1) is 22.7 Å². The first-order valence-corrected chi connectivity index (χ1v) is 6.66. The molecule has 20 heavy (non-hydrogen) atoms. The Morgan fingerprint density at radius 3 is 2.20 bits per heavy atom. The Balaban J connectivity index is 2.59. The summed E-state index contributed by atoms with van der Waals surface area (Å²) in [6.45, 7) is 6.00. The molecule has 0 aliphatic carbocycles. The Hall–Kier alpha value is -1.63. The zero-order valence-electron chi connectivity index (χ0n) is 12.2. The number of carbonyl (C=O) groups excluding carboxylic acids is 1. The van der Waals surface area contributed by atoms with E-state index in [2.05, 4.69) is 0 Å². The van der Waals surface area contributed by atoms with Crippen LogP contribution in [0.15, 0.2) is 0 Å². The SMILES string of the molecule is CC(C)(C)C(C(=O)O)C(=O)ON1CCC(C(=N)N)CC1. The third-order valence-electron chi connectivity index (χ3n) is 3.46. The molecule has 1 heterocycles. The number of hydroxylamine groups is 2. The highest BCUT2D eigenvalue weighted by atomic mass is 16.7. The summed E-state index contributed by atoms with van der Waals surface area (Å²) in [5.41, 5.74) is 4.73. The van der Waals surface area contributed by atoms with E-state index in [1.807, 2.05) is 0 Å². The summed E-state index contributed by atoms with van der Waals surface area (Å²) < 4.78 is 0. The van der Waals surface area contributed by atoms with Crippen molar-refractivity contribution in [3.05, 3.63) is 0 Å². The summed E-state index contributed by atoms with van der Waals surface area (Å²) in [5, 5.41) is 18.0. The lowest BCUT2D eigenvalue weighted by molar-refractivity contribution is -0.206. The van der Waals surface area contributed by atoms with Crippen molar-refractivity contribution in [2.75, 3.05) is 13.1 Å². The number of carbonyl (C=O) groups is 2. The van der Waals surface area contributed by atoms with Gasteiger partial charge in [-0.1, -0.05) is 20.8 Å². The first-order chi connectivity index (χ1) is 9.12. The van der Waals surface area contributed by atoms with Gasteiger partial charge >= 0.3 is 11.9 Å². The number of rotatable bonds is 4. The maximum absolute atomic E-state index is 12.0. The second-order valence-corrected chi connectivity index (χ2v) is 6.21. The Labute approximate surface area is 118 Å². The molecule has 0 aromatic heterocycles. The lowest BCUT2D eigenvalue weighted by Gasteiger charge is -2.32. The zero-order chi connectivity index (χ0) is 15.5. The Bertz CT molecular complexity index is 395. The van der Waals surface area contributed by atoms with Crippen molar-refractivity contribution < 1.29 is 19.5 Å². The van der Waals surface area contributed by atoms with Crippen molar-refractivity contribution in [3.63, 3.8) is 0 Å². The molecule has 7 heteroatoms. The second-order valence-electron chi connectivity index (χ2n) is 6.21. The first kappa shape index (κ1) is 16.4. The summed E-state index contributed by atoms with van der Waals surface area (Å²) in [7, 11) is 0. The minimum absolute atomic E-state index is 0.0165. The van der Waals surface area contributed by atoms with Crippen LogP contribution in [-0.4, -0.2) is 41.0 Å². The number of piperidine rings is 1. The number of carboxylic acid groups (broad SMARTS) is 1. The molecule has 1 aliphatic rings. The van der Waals surface area contributed by atoms with E-state index in [4.69, 9.17) is 21.1 Å². The summed E-state index contributed by atoms with van der Waals surface area (Å²) in [6, 6.07) is 0. The van der Waals surface area contributed by atoms with Gasteiger partial charge in [-0.25, -0.2) is 4.79 Å². The van der Waals surface area contributed by atoms with Crippen LogP contribution in [0.3, 0.4) is 0 Å². The molecule has 1 atom stereocenters. The summed E-state index contributed by atoms with van der Waals surface area (Å²) in [4.78, 5) is 28.4. The van der Waals surface area contributed by atoms with Crippen LogP contribution in [0.2, 0.25) is 0 Å². The van der Waals surface area contributed by atoms with Crippen LogP contribution < -0.4 is 5.73 Å². The fourth-order valence-electron chi connectivity index (χ4n) is 2.26. The Morgan fingerprint density at radius 1 is 1.35 bits per heavy atom. The minimum atomic E-state index is -1.20. The van der Waals surface area contributed by atoms with Crippen LogP contribution in [0.4, 0.5) is 0 Å². The molecule has 0 aromatic carbocycles. The average Bonchev–Trinajstić information content (AvgIpc) is 2.26. The number of hydrogen-bond donors (Lipinski definition) is 3. The van der Waals surface area contributed by atoms with Crippen LogP contribution in [0.5, 0.6) is 0 Å². The molecule has 1 unspecified atom stereocenters. The predicted molar refractivity (Wildman–Crippen MR) is 72.9 cm³/mol. The van der Waals surface area contributed by atoms with Crippen molar-refractivity contribution in [1.82, 2.24) is 5.06 Å². The molecule has 1 aliphatic heterocycles. The van der Waals surface area contributed by atoms with Crippen LogP contribution in [0.1, 0.15) is 33.6 Å². The number of hydrogen-bond acceptors (Lipinski definition) is 5. The maximum atomic E-state index is 12.0. The monoisotopic (exact) mass is 285 g/mol. The fraction of sp³-hybridized carbons (Fsp3) is 0.769. The number of amidine groups is 1.